The number of piperidine rings is 1. The van der Waals surface area contributed by atoms with E-state index in [1.807, 2.05) is 12.3 Å². The van der Waals surface area contributed by atoms with Gasteiger partial charge in [-0.2, -0.15) is 0 Å². The van der Waals surface area contributed by atoms with Crippen molar-refractivity contribution in [1.82, 2.24) is 24.6 Å². The van der Waals surface area contributed by atoms with E-state index in [2.05, 4.69) is 20.2 Å². The molecule has 2 aliphatic heterocycles. The van der Waals surface area contributed by atoms with Crippen molar-refractivity contribution in [1.29, 1.82) is 0 Å². The highest BCUT2D eigenvalue weighted by Crippen LogP contribution is 2.19. The van der Waals surface area contributed by atoms with E-state index in [9.17, 15) is 8.78 Å². The van der Waals surface area contributed by atoms with Gasteiger partial charge in [-0.05, 0) is 18.9 Å². The standard InChI is InChI=1S/C16H18F2N6/c17-15(18)11-10-24-12(8-21-14(24)9-20-11)16-19-5-4-13(22-16)23-6-2-1-3-7-23/h4-5,8-10,13,15H,1-3,6-7H2,(H,19,22). The number of alkyl halides is 2. The molecular formula is C16H18F2N6. The molecule has 0 aromatic carbocycles. The van der Waals surface area contributed by atoms with Crippen molar-refractivity contribution in [3.63, 3.8) is 0 Å². The molecule has 2 aromatic heterocycles. The second-order valence-electron chi connectivity index (χ2n) is 5.98. The van der Waals surface area contributed by atoms with Gasteiger partial charge in [0.2, 0.25) is 0 Å². The van der Waals surface area contributed by atoms with Crippen LogP contribution in [0, 0.1) is 0 Å². The number of hydrogen-bond acceptors (Lipinski definition) is 5. The van der Waals surface area contributed by atoms with Crippen LogP contribution in [-0.4, -0.2) is 44.4 Å². The third-order valence-corrected chi connectivity index (χ3v) is 4.40. The van der Waals surface area contributed by atoms with Gasteiger partial charge in [-0.15, -0.1) is 0 Å². The smallest absolute Gasteiger partial charge is 0.281 e. The van der Waals surface area contributed by atoms with Crippen LogP contribution in [0.3, 0.4) is 0 Å². The van der Waals surface area contributed by atoms with Gasteiger partial charge in [0, 0.05) is 25.5 Å². The molecule has 0 saturated carbocycles. The molecule has 4 rings (SSSR count). The van der Waals surface area contributed by atoms with Crippen molar-refractivity contribution in [2.75, 3.05) is 13.1 Å². The van der Waals surface area contributed by atoms with Crippen molar-refractivity contribution >= 4 is 11.5 Å². The molecule has 6 nitrogen and oxygen atoms in total. The third-order valence-electron chi connectivity index (χ3n) is 4.40. The van der Waals surface area contributed by atoms with Gasteiger partial charge in [-0.25, -0.2) is 23.7 Å². The van der Waals surface area contributed by atoms with Gasteiger partial charge in [-0.3, -0.25) is 9.30 Å². The number of imidazole rings is 1. The molecule has 1 unspecified atom stereocenters. The first-order chi connectivity index (χ1) is 11.7. The van der Waals surface area contributed by atoms with E-state index in [1.165, 1.54) is 31.7 Å². The summed E-state index contributed by atoms with van der Waals surface area (Å²) >= 11 is 0. The van der Waals surface area contributed by atoms with Gasteiger partial charge in [-0.1, -0.05) is 6.42 Å². The second kappa shape index (κ2) is 6.27. The molecule has 0 spiro atoms. The molecule has 8 heteroatoms. The first-order valence-corrected chi connectivity index (χ1v) is 8.09. The fourth-order valence-electron chi connectivity index (χ4n) is 3.14. The highest BCUT2D eigenvalue weighted by atomic mass is 19.3. The number of rotatable bonds is 3. The number of hydrogen-bond donors (Lipinski definition) is 1. The number of nitrogens with one attached hydrogen (secondary N) is 1. The minimum Gasteiger partial charge on any atom is -0.345 e. The summed E-state index contributed by atoms with van der Waals surface area (Å²) in [5, 5.41) is 3.11. The molecule has 2 aliphatic rings. The van der Waals surface area contributed by atoms with E-state index in [0.29, 0.717) is 17.2 Å². The van der Waals surface area contributed by atoms with Crippen molar-refractivity contribution in [3.8, 4) is 0 Å². The SMILES string of the molecule is FC(F)c1cn2c(C3=NC(N4CCCCC4)C=CN3)cnc2cn1. The zero-order valence-electron chi connectivity index (χ0n) is 13.1. The van der Waals surface area contributed by atoms with Gasteiger partial charge < -0.3 is 5.32 Å². The van der Waals surface area contributed by atoms with Crippen molar-refractivity contribution in [2.45, 2.75) is 31.9 Å². The summed E-state index contributed by atoms with van der Waals surface area (Å²) in [5.41, 5.74) is 0.893. The lowest BCUT2D eigenvalue weighted by Crippen LogP contribution is -2.40. The maximum absolute atomic E-state index is 12.9. The summed E-state index contributed by atoms with van der Waals surface area (Å²) in [6.07, 6.45) is 9.16. The lowest BCUT2D eigenvalue weighted by Gasteiger charge is -2.32. The number of likely N-dealkylation sites (tertiary alicyclic amines) is 1. The van der Waals surface area contributed by atoms with Crippen molar-refractivity contribution in [3.05, 3.63) is 42.3 Å². The first kappa shape index (κ1) is 15.2. The predicted molar refractivity (Wildman–Crippen MR) is 86.0 cm³/mol. The van der Waals surface area contributed by atoms with E-state index in [4.69, 9.17) is 4.99 Å². The Hall–Kier alpha value is -2.35. The monoisotopic (exact) mass is 332 g/mol. The Labute approximate surface area is 137 Å². The molecule has 24 heavy (non-hydrogen) atoms. The van der Waals surface area contributed by atoms with E-state index in [0.717, 1.165) is 13.1 Å². The molecule has 0 radical (unpaired) electrons. The van der Waals surface area contributed by atoms with E-state index in [1.54, 1.807) is 10.6 Å². The lowest BCUT2D eigenvalue weighted by molar-refractivity contribution is 0.145. The first-order valence-electron chi connectivity index (χ1n) is 8.09. The summed E-state index contributed by atoms with van der Waals surface area (Å²) in [5.74, 6) is 0.631. The van der Waals surface area contributed by atoms with Crippen molar-refractivity contribution < 1.29 is 8.78 Å². The minimum atomic E-state index is -2.62. The quantitative estimate of drug-likeness (QED) is 0.937. The van der Waals surface area contributed by atoms with Crippen LogP contribution >= 0.6 is 0 Å². The van der Waals surface area contributed by atoms with E-state index < -0.39 is 6.43 Å². The van der Waals surface area contributed by atoms with E-state index in [-0.39, 0.29) is 11.9 Å². The highest BCUT2D eigenvalue weighted by Gasteiger charge is 2.22. The van der Waals surface area contributed by atoms with Crippen LogP contribution in [-0.2, 0) is 0 Å². The Morgan fingerprint density at radius 2 is 1.96 bits per heavy atom. The third kappa shape index (κ3) is 2.77. The van der Waals surface area contributed by atoms with Crippen LogP contribution in [0.15, 0.2) is 35.9 Å². The fraction of sp³-hybridized carbons (Fsp3) is 0.438. The zero-order chi connectivity index (χ0) is 16.5. The van der Waals surface area contributed by atoms with Gasteiger partial charge in [0.05, 0.1) is 12.4 Å². The largest absolute Gasteiger partial charge is 0.345 e. The molecule has 1 fully saturated rings. The topological polar surface area (TPSA) is 57.8 Å². The normalized spacial score (nSPS) is 22.0. The molecule has 2 aromatic rings. The number of amidine groups is 1. The molecule has 4 heterocycles. The van der Waals surface area contributed by atoms with Crippen LogP contribution in [0.5, 0.6) is 0 Å². The number of aliphatic imine (C=N–C) groups is 1. The Morgan fingerprint density at radius 3 is 2.75 bits per heavy atom. The summed E-state index contributed by atoms with van der Waals surface area (Å²) in [6.45, 7) is 2.05. The number of fused-ring (bicyclic) bond motifs is 1. The van der Waals surface area contributed by atoms with Gasteiger partial charge >= 0.3 is 0 Å². The second-order valence-corrected chi connectivity index (χ2v) is 5.98. The number of nitrogens with zero attached hydrogens (tertiary/aromatic N) is 5. The number of halogens is 2. The van der Waals surface area contributed by atoms with Crippen molar-refractivity contribution in [2.24, 2.45) is 4.99 Å². The molecule has 126 valence electrons. The molecule has 1 N–H and O–H groups in total. The van der Waals surface area contributed by atoms with Crippen LogP contribution in [0.25, 0.3) is 5.65 Å². The minimum absolute atomic E-state index is 0.0245. The Bertz CT molecular complexity index is 791. The Kier molecular flexibility index (Phi) is 3.97. The maximum Gasteiger partial charge on any atom is 0.281 e. The summed E-state index contributed by atoms with van der Waals surface area (Å²) in [4.78, 5) is 15.0. The van der Waals surface area contributed by atoms with Crippen LogP contribution in [0.2, 0.25) is 0 Å². The highest BCUT2D eigenvalue weighted by molar-refractivity contribution is 5.99. The number of aromatic nitrogens is 3. The Morgan fingerprint density at radius 1 is 1.12 bits per heavy atom. The van der Waals surface area contributed by atoms with Gasteiger partial charge in [0.1, 0.15) is 17.6 Å². The molecule has 0 aliphatic carbocycles. The maximum atomic E-state index is 12.9. The van der Waals surface area contributed by atoms with Gasteiger partial charge in [0.25, 0.3) is 6.43 Å². The molecule has 0 amide bonds. The average Bonchev–Trinajstić information content (AvgIpc) is 3.05. The molecule has 1 atom stereocenters. The molecule has 1 saturated heterocycles. The zero-order valence-corrected chi connectivity index (χ0v) is 13.1. The summed E-state index contributed by atoms with van der Waals surface area (Å²) in [7, 11) is 0. The Balaban J connectivity index is 1.68. The van der Waals surface area contributed by atoms with Crippen LogP contribution in [0.4, 0.5) is 8.78 Å². The van der Waals surface area contributed by atoms with E-state index >= 15 is 0 Å². The molecule has 0 bridgehead atoms. The summed E-state index contributed by atoms with van der Waals surface area (Å²) in [6, 6.07) is 0. The lowest BCUT2D eigenvalue weighted by atomic mass is 10.1. The predicted octanol–water partition coefficient (Wildman–Crippen LogP) is 2.34. The van der Waals surface area contributed by atoms with Crippen LogP contribution < -0.4 is 5.32 Å². The fourth-order valence-corrected chi connectivity index (χ4v) is 3.14. The molecular weight excluding hydrogens is 314 g/mol. The van der Waals surface area contributed by atoms with Crippen LogP contribution in [0.1, 0.15) is 37.1 Å². The summed E-state index contributed by atoms with van der Waals surface area (Å²) < 4.78 is 27.4. The van der Waals surface area contributed by atoms with Gasteiger partial charge in [0.15, 0.2) is 11.5 Å². The average molecular weight is 332 g/mol.